The molecule has 28 heavy (non-hydrogen) atoms. The number of aromatic nitrogens is 1. The van der Waals surface area contributed by atoms with Crippen LogP contribution in [0.3, 0.4) is 0 Å². The van der Waals surface area contributed by atoms with Crippen molar-refractivity contribution in [2.45, 2.75) is 32.9 Å². The van der Waals surface area contributed by atoms with E-state index in [0.717, 1.165) is 22.4 Å². The number of aliphatic hydroxyl groups is 1. The first-order valence-electron chi connectivity index (χ1n) is 9.47. The van der Waals surface area contributed by atoms with E-state index in [1.165, 1.54) is 5.56 Å². The summed E-state index contributed by atoms with van der Waals surface area (Å²) < 4.78 is 0. The van der Waals surface area contributed by atoms with Crippen LogP contribution in [0.25, 0.3) is 11.1 Å². The molecule has 144 valence electrons. The zero-order valence-electron chi connectivity index (χ0n) is 16.6. The van der Waals surface area contributed by atoms with Gasteiger partial charge in [0.05, 0.1) is 6.61 Å². The largest absolute Gasteiger partial charge is 0.392 e. The number of rotatable bonds is 6. The summed E-state index contributed by atoms with van der Waals surface area (Å²) in [5.74, 6) is -0.0136. The minimum absolute atomic E-state index is 0.000288. The summed E-state index contributed by atoms with van der Waals surface area (Å²) in [4.78, 5) is 19.2. The second-order valence-electron chi connectivity index (χ2n) is 7.23. The Morgan fingerprint density at radius 3 is 2.50 bits per heavy atom. The molecule has 0 fully saturated rings. The van der Waals surface area contributed by atoms with Gasteiger partial charge >= 0.3 is 0 Å². The van der Waals surface area contributed by atoms with E-state index in [-0.39, 0.29) is 18.6 Å². The molecular weight excluding hydrogens is 348 g/mol. The number of hydrogen-bond acceptors (Lipinski definition) is 3. The predicted octanol–water partition coefficient (Wildman–Crippen LogP) is 4.25. The first-order valence-corrected chi connectivity index (χ1v) is 9.47. The van der Waals surface area contributed by atoms with Gasteiger partial charge < -0.3 is 10.0 Å². The van der Waals surface area contributed by atoms with Crippen molar-refractivity contribution >= 4 is 5.91 Å². The third-order valence-corrected chi connectivity index (χ3v) is 5.01. The van der Waals surface area contributed by atoms with Crippen molar-refractivity contribution in [1.82, 2.24) is 9.88 Å². The molecule has 4 heteroatoms. The zero-order chi connectivity index (χ0) is 20.1. The van der Waals surface area contributed by atoms with E-state index in [0.29, 0.717) is 12.0 Å². The molecule has 2 aromatic carbocycles. The van der Waals surface area contributed by atoms with E-state index in [1.54, 1.807) is 4.90 Å². The molecular formula is C24H26N2O2. The van der Waals surface area contributed by atoms with Crippen LogP contribution in [0.15, 0.2) is 66.9 Å². The molecule has 4 nitrogen and oxygen atoms in total. The van der Waals surface area contributed by atoms with Crippen molar-refractivity contribution in [3.63, 3.8) is 0 Å². The number of hydrogen-bond donors (Lipinski definition) is 1. The summed E-state index contributed by atoms with van der Waals surface area (Å²) in [6.45, 7) is 4.08. The highest BCUT2D eigenvalue weighted by molar-refractivity contribution is 5.95. The van der Waals surface area contributed by atoms with E-state index in [2.05, 4.69) is 11.1 Å². The summed E-state index contributed by atoms with van der Waals surface area (Å²) in [7, 11) is 1.84. The zero-order valence-corrected chi connectivity index (χ0v) is 16.6. The van der Waals surface area contributed by atoms with Crippen LogP contribution in [0.1, 0.15) is 34.1 Å². The Morgan fingerprint density at radius 1 is 1.07 bits per heavy atom. The maximum absolute atomic E-state index is 13.0. The van der Waals surface area contributed by atoms with Gasteiger partial charge in [0.1, 0.15) is 0 Å². The molecule has 0 aliphatic rings. The molecule has 1 N–H and O–H groups in total. The fourth-order valence-electron chi connectivity index (χ4n) is 3.23. The standard InChI is InChI=1S/C24H26N2O2/c1-17-10-11-25-23(12-17)13-18(2)26(3)24(28)22-9-5-8-21(15-22)20-7-4-6-19(14-20)16-27/h4-12,14-15,18,27H,13,16H2,1-3H3/t18-/m1/s1. The number of amides is 1. The van der Waals surface area contributed by atoms with E-state index in [4.69, 9.17) is 0 Å². The summed E-state index contributed by atoms with van der Waals surface area (Å²) in [5.41, 5.74) is 5.61. The lowest BCUT2D eigenvalue weighted by Crippen LogP contribution is -2.36. The fraction of sp³-hybridized carbons (Fsp3) is 0.250. The Labute approximate surface area is 166 Å². The molecule has 0 bridgehead atoms. The van der Waals surface area contributed by atoms with E-state index in [9.17, 15) is 9.90 Å². The summed E-state index contributed by atoms with van der Waals surface area (Å²) >= 11 is 0. The van der Waals surface area contributed by atoms with E-state index in [1.807, 2.05) is 81.7 Å². The topological polar surface area (TPSA) is 53.4 Å². The highest BCUT2D eigenvalue weighted by atomic mass is 16.3. The Balaban J connectivity index is 1.77. The average Bonchev–Trinajstić information content (AvgIpc) is 2.72. The Kier molecular flexibility index (Phi) is 6.22. The van der Waals surface area contributed by atoms with Gasteiger partial charge in [0.25, 0.3) is 5.91 Å². The number of nitrogens with zero attached hydrogens (tertiary/aromatic N) is 2. The molecule has 0 unspecified atom stereocenters. The minimum atomic E-state index is -0.0136. The number of carbonyl (C=O) groups is 1. The van der Waals surface area contributed by atoms with Crippen molar-refractivity contribution < 1.29 is 9.90 Å². The lowest BCUT2D eigenvalue weighted by Gasteiger charge is -2.25. The summed E-state index contributed by atoms with van der Waals surface area (Å²) in [5, 5.41) is 9.36. The van der Waals surface area contributed by atoms with E-state index >= 15 is 0 Å². The number of aliphatic hydroxyl groups excluding tert-OH is 1. The third kappa shape index (κ3) is 4.65. The van der Waals surface area contributed by atoms with Crippen LogP contribution < -0.4 is 0 Å². The van der Waals surface area contributed by atoms with Gasteiger partial charge in [-0.2, -0.15) is 0 Å². The van der Waals surface area contributed by atoms with Gasteiger partial charge in [0.2, 0.25) is 0 Å². The van der Waals surface area contributed by atoms with Crippen LogP contribution >= 0.6 is 0 Å². The van der Waals surface area contributed by atoms with Gasteiger partial charge in [-0.1, -0.05) is 30.3 Å². The van der Waals surface area contributed by atoms with Gasteiger partial charge in [-0.05, 0) is 66.4 Å². The number of benzene rings is 2. The predicted molar refractivity (Wildman–Crippen MR) is 112 cm³/mol. The van der Waals surface area contributed by atoms with Crippen molar-refractivity contribution in [1.29, 1.82) is 0 Å². The van der Waals surface area contributed by atoms with Gasteiger partial charge in [-0.15, -0.1) is 0 Å². The van der Waals surface area contributed by atoms with Crippen molar-refractivity contribution in [3.8, 4) is 11.1 Å². The normalized spacial score (nSPS) is 11.9. The van der Waals surface area contributed by atoms with Crippen LogP contribution in [0, 0.1) is 6.92 Å². The molecule has 0 spiro atoms. The molecule has 1 atom stereocenters. The number of aryl methyl sites for hydroxylation is 1. The minimum Gasteiger partial charge on any atom is -0.392 e. The highest BCUT2D eigenvalue weighted by Gasteiger charge is 2.19. The molecule has 0 saturated heterocycles. The lowest BCUT2D eigenvalue weighted by molar-refractivity contribution is 0.0743. The highest BCUT2D eigenvalue weighted by Crippen LogP contribution is 2.23. The number of carbonyl (C=O) groups excluding carboxylic acids is 1. The van der Waals surface area contributed by atoms with Crippen molar-refractivity contribution in [2.24, 2.45) is 0 Å². The monoisotopic (exact) mass is 374 g/mol. The van der Waals surface area contributed by atoms with Crippen LogP contribution in [-0.4, -0.2) is 34.0 Å². The average molecular weight is 374 g/mol. The van der Waals surface area contributed by atoms with Gasteiger partial charge in [-0.3, -0.25) is 9.78 Å². The first-order chi connectivity index (χ1) is 13.5. The first kappa shape index (κ1) is 19.8. The lowest BCUT2D eigenvalue weighted by atomic mass is 10.0. The molecule has 0 saturated carbocycles. The van der Waals surface area contributed by atoms with Crippen molar-refractivity contribution in [2.75, 3.05) is 7.05 Å². The quantitative estimate of drug-likeness (QED) is 0.702. The maximum Gasteiger partial charge on any atom is 0.253 e. The molecule has 0 aliphatic carbocycles. The van der Waals surface area contributed by atoms with Crippen molar-refractivity contribution in [3.05, 3.63) is 89.2 Å². The second-order valence-corrected chi connectivity index (χ2v) is 7.23. The van der Waals surface area contributed by atoms with Gasteiger partial charge in [-0.25, -0.2) is 0 Å². The number of likely N-dealkylation sites (N-methyl/N-ethyl adjacent to an activating group) is 1. The van der Waals surface area contributed by atoms with Gasteiger partial charge in [0, 0.05) is 37.0 Å². The molecule has 1 heterocycles. The fourth-order valence-corrected chi connectivity index (χ4v) is 3.23. The smallest absolute Gasteiger partial charge is 0.253 e. The Hall–Kier alpha value is -2.98. The molecule has 0 aliphatic heterocycles. The molecule has 3 aromatic rings. The van der Waals surface area contributed by atoms with Crippen LogP contribution in [0.5, 0.6) is 0 Å². The van der Waals surface area contributed by atoms with Crippen LogP contribution in [-0.2, 0) is 13.0 Å². The summed E-state index contributed by atoms with van der Waals surface area (Å²) in [6.07, 6.45) is 2.52. The van der Waals surface area contributed by atoms with E-state index < -0.39 is 0 Å². The maximum atomic E-state index is 13.0. The SMILES string of the molecule is Cc1ccnc(C[C@@H](C)N(C)C(=O)c2cccc(-c3cccc(CO)c3)c2)c1. The Bertz CT molecular complexity index is 968. The van der Waals surface area contributed by atoms with Crippen LogP contribution in [0.4, 0.5) is 0 Å². The molecule has 0 radical (unpaired) electrons. The molecule has 1 aromatic heterocycles. The molecule has 1 amide bonds. The van der Waals surface area contributed by atoms with Crippen LogP contribution in [0.2, 0.25) is 0 Å². The third-order valence-electron chi connectivity index (χ3n) is 5.01. The Morgan fingerprint density at radius 2 is 1.79 bits per heavy atom. The second kappa shape index (κ2) is 8.81. The molecule has 3 rings (SSSR count). The number of pyridine rings is 1. The van der Waals surface area contributed by atoms with Gasteiger partial charge in [0.15, 0.2) is 0 Å². The summed E-state index contributed by atoms with van der Waals surface area (Å²) in [6, 6.07) is 19.4.